The van der Waals surface area contributed by atoms with E-state index in [1.165, 1.54) is 6.07 Å². The Hall–Kier alpha value is -1.80. The molecule has 0 spiro atoms. The number of likely N-dealkylation sites (tertiary alicyclic amines) is 1. The maximum absolute atomic E-state index is 12.9. The second kappa shape index (κ2) is 9.80. The zero-order valence-corrected chi connectivity index (χ0v) is 17.2. The Morgan fingerprint density at radius 2 is 2.07 bits per heavy atom. The van der Waals surface area contributed by atoms with Gasteiger partial charge in [-0.3, -0.25) is 9.59 Å². The quantitative estimate of drug-likeness (QED) is 0.794. The van der Waals surface area contributed by atoms with Crippen molar-refractivity contribution in [2.75, 3.05) is 32.7 Å². The molecule has 2 atom stereocenters. The predicted octanol–water partition coefficient (Wildman–Crippen LogP) is 2.73. The van der Waals surface area contributed by atoms with Gasteiger partial charge in [-0.2, -0.15) is 13.2 Å². The van der Waals surface area contributed by atoms with E-state index in [9.17, 15) is 22.8 Å². The van der Waals surface area contributed by atoms with Crippen LogP contribution in [0, 0.1) is 5.92 Å². The first-order chi connectivity index (χ1) is 13.3. The van der Waals surface area contributed by atoms with Gasteiger partial charge in [0.1, 0.15) is 0 Å². The number of amides is 2. The van der Waals surface area contributed by atoms with Crippen molar-refractivity contribution in [2.45, 2.75) is 38.4 Å². The number of piperidine rings is 1. The summed E-state index contributed by atoms with van der Waals surface area (Å²) in [7, 11) is 0. The van der Waals surface area contributed by atoms with E-state index >= 15 is 0 Å². The molecule has 0 aliphatic carbocycles. The molecule has 5 nitrogen and oxygen atoms in total. The van der Waals surface area contributed by atoms with E-state index in [0.717, 1.165) is 31.5 Å². The van der Waals surface area contributed by atoms with Crippen LogP contribution >= 0.6 is 12.4 Å². The van der Waals surface area contributed by atoms with Crippen LogP contribution < -0.4 is 5.32 Å². The van der Waals surface area contributed by atoms with Gasteiger partial charge in [0.05, 0.1) is 12.1 Å². The molecule has 0 bridgehead atoms. The van der Waals surface area contributed by atoms with Crippen LogP contribution in [0.25, 0.3) is 0 Å². The summed E-state index contributed by atoms with van der Waals surface area (Å²) < 4.78 is 38.7. The number of benzene rings is 1. The van der Waals surface area contributed by atoms with Crippen molar-refractivity contribution in [1.29, 1.82) is 0 Å². The van der Waals surface area contributed by atoms with Crippen LogP contribution in [0.2, 0.25) is 0 Å². The van der Waals surface area contributed by atoms with Gasteiger partial charge in [-0.15, -0.1) is 12.4 Å². The molecule has 0 saturated carbocycles. The summed E-state index contributed by atoms with van der Waals surface area (Å²) in [6.07, 6.45) is -2.43. The van der Waals surface area contributed by atoms with Gasteiger partial charge in [-0.05, 0) is 30.9 Å². The number of alkyl halides is 3. The van der Waals surface area contributed by atoms with Gasteiger partial charge in [0.2, 0.25) is 11.8 Å². The van der Waals surface area contributed by atoms with E-state index in [-0.39, 0.29) is 36.7 Å². The fourth-order valence-electron chi connectivity index (χ4n) is 4.04. The maximum Gasteiger partial charge on any atom is 0.416 e. The number of carbonyl (C=O) groups excluding carboxylic acids is 2. The minimum Gasteiger partial charge on any atom is -0.340 e. The third kappa shape index (κ3) is 5.85. The lowest BCUT2D eigenvalue weighted by Gasteiger charge is -2.41. The number of hydrogen-bond donors (Lipinski definition) is 1. The highest BCUT2D eigenvalue weighted by atomic mass is 35.5. The molecule has 2 heterocycles. The summed E-state index contributed by atoms with van der Waals surface area (Å²) >= 11 is 0. The average Bonchev–Trinajstić information content (AvgIpc) is 2.67. The molecule has 2 saturated heterocycles. The van der Waals surface area contributed by atoms with Gasteiger partial charge in [0.25, 0.3) is 0 Å². The SMILES string of the molecule is CC(Cc1cccc(C(F)(F)F)c1)C(=O)N1CCCC(N2CCNCC2=O)C1.Cl. The van der Waals surface area contributed by atoms with Crippen LogP contribution in [0.4, 0.5) is 13.2 Å². The number of hydrogen-bond acceptors (Lipinski definition) is 3. The number of carbonyl (C=O) groups is 2. The first-order valence-corrected chi connectivity index (χ1v) is 9.71. The van der Waals surface area contributed by atoms with E-state index < -0.39 is 17.7 Å². The van der Waals surface area contributed by atoms with Crippen molar-refractivity contribution in [3.8, 4) is 0 Å². The van der Waals surface area contributed by atoms with Gasteiger partial charge in [-0.1, -0.05) is 25.1 Å². The van der Waals surface area contributed by atoms with E-state index in [1.54, 1.807) is 17.9 Å². The van der Waals surface area contributed by atoms with Crippen LogP contribution in [0.5, 0.6) is 0 Å². The number of halogens is 4. The van der Waals surface area contributed by atoms with Crippen LogP contribution in [0.3, 0.4) is 0 Å². The van der Waals surface area contributed by atoms with E-state index in [4.69, 9.17) is 0 Å². The van der Waals surface area contributed by atoms with Crippen molar-refractivity contribution in [3.05, 3.63) is 35.4 Å². The molecule has 1 aromatic rings. The summed E-state index contributed by atoms with van der Waals surface area (Å²) in [6.45, 7) is 4.60. The van der Waals surface area contributed by atoms with E-state index in [2.05, 4.69) is 5.32 Å². The zero-order valence-electron chi connectivity index (χ0n) is 16.4. The Morgan fingerprint density at radius 1 is 1.31 bits per heavy atom. The molecule has 1 aromatic carbocycles. The highest BCUT2D eigenvalue weighted by Crippen LogP contribution is 2.30. The van der Waals surface area contributed by atoms with Crippen molar-refractivity contribution in [2.24, 2.45) is 5.92 Å². The lowest BCUT2D eigenvalue weighted by atomic mass is 9.96. The number of rotatable bonds is 4. The molecule has 2 fully saturated rings. The summed E-state index contributed by atoms with van der Waals surface area (Å²) in [5, 5.41) is 3.05. The Bertz CT molecular complexity index is 729. The summed E-state index contributed by atoms with van der Waals surface area (Å²) in [5.41, 5.74) is -0.193. The summed E-state index contributed by atoms with van der Waals surface area (Å²) in [6, 6.07) is 5.17. The standard InChI is InChI=1S/C20H26F3N3O2.ClH/c1-14(10-15-4-2-5-16(11-15)20(21,22)23)19(28)25-8-3-6-17(13-25)26-9-7-24-12-18(26)27;/h2,4-5,11,14,17,24H,3,6-10,12-13H2,1H3;1H. The molecule has 2 aliphatic heterocycles. The normalized spacial score (nSPS) is 21.5. The van der Waals surface area contributed by atoms with Crippen LogP contribution in [-0.4, -0.2) is 60.4 Å². The minimum atomic E-state index is -4.39. The highest BCUT2D eigenvalue weighted by Gasteiger charge is 2.33. The molecule has 2 amide bonds. The summed E-state index contributed by atoms with van der Waals surface area (Å²) in [4.78, 5) is 28.6. The molecular weight excluding hydrogens is 407 g/mol. The molecule has 0 aromatic heterocycles. The minimum absolute atomic E-state index is 0. The van der Waals surface area contributed by atoms with Crippen molar-refractivity contribution in [1.82, 2.24) is 15.1 Å². The number of nitrogens with one attached hydrogen (secondary N) is 1. The molecule has 2 aliphatic rings. The molecule has 9 heteroatoms. The number of nitrogens with zero attached hydrogens (tertiary/aromatic N) is 2. The third-order valence-electron chi connectivity index (χ3n) is 5.49. The fourth-order valence-corrected chi connectivity index (χ4v) is 4.04. The monoisotopic (exact) mass is 433 g/mol. The van der Waals surface area contributed by atoms with Crippen LogP contribution in [0.15, 0.2) is 24.3 Å². The van der Waals surface area contributed by atoms with Gasteiger partial charge >= 0.3 is 6.18 Å². The lowest BCUT2D eigenvalue weighted by Crippen LogP contribution is -2.58. The second-order valence-electron chi connectivity index (χ2n) is 7.65. The largest absolute Gasteiger partial charge is 0.416 e. The van der Waals surface area contributed by atoms with Crippen LogP contribution in [-0.2, 0) is 22.2 Å². The first-order valence-electron chi connectivity index (χ1n) is 9.71. The van der Waals surface area contributed by atoms with Crippen molar-refractivity contribution in [3.63, 3.8) is 0 Å². The maximum atomic E-state index is 12.9. The lowest BCUT2D eigenvalue weighted by molar-refractivity contribution is -0.142. The molecule has 1 N–H and O–H groups in total. The number of piperazine rings is 1. The second-order valence-corrected chi connectivity index (χ2v) is 7.65. The summed E-state index contributed by atoms with van der Waals surface area (Å²) in [5.74, 6) is -0.423. The topological polar surface area (TPSA) is 52.7 Å². The molecule has 3 rings (SSSR count). The van der Waals surface area contributed by atoms with Gasteiger partial charge in [0, 0.05) is 38.1 Å². The molecule has 2 unspecified atom stereocenters. The first kappa shape index (κ1) is 23.5. The van der Waals surface area contributed by atoms with Crippen LogP contribution in [0.1, 0.15) is 30.9 Å². The van der Waals surface area contributed by atoms with E-state index in [0.29, 0.717) is 31.7 Å². The van der Waals surface area contributed by atoms with E-state index in [1.807, 2.05) is 4.90 Å². The Kier molecular flexibility index (Phi) is 7.94. The molecule has 162 valence electrons. The molecular formula is C20H27ClF3N3O2. The van der Waals surface area contributed by atoms with Gasteiger partial charge in [-0.25, -0.2) is 0 Å². The smallest absolute Gasteiger partial charge is 0.340 e. The zero-order chi connectivity index (χ0) is 20.3. The Balaban J connectivity index is 0.00000300. The molecule has 0 radical (unpaired) electrons. The van der Waals surface area contributed by atoms with Gasteiger partial charge < -0.3 is 15.1 Å². The highest BCUT2D eigenvalue weighted by molar-refractivity contribution is 5.85. The Morgan fingerprint density at radius 3 is 2.76 bits per heavy atom. The average molecular weight is 434 g/mol. The predicted molar refractivity (Wildman–Crippen MR) is 106 cm³/mol. The Labute approximate surface area is 175 Å². The van der Waals surface area contributed by atoms with Crippen molar-refractivity contribution < 1.29 is 22.8 Å². The van der Waals surface area contributed by atoms with Gasteiger partial charge in [0.15, 0.2) is 0 Å². The fraction of sp³-hybridized carbons (Fsp3) is 0.600. The van der Waals surface area contributed by atoms with Crippen molar-refractivity contribution >= 4 is 24.2 Å². The third-order valence-corrected chi connectivity index (χ3v) is 5.49. The molecule has 29 heavy (non-hydrogen) atoms.